The highest BCUT2D eigenvalue weighted by molar-refractivity contribution is 6.31. The van der Waals surface area contributed by atoms with Gasteiger partial charge in [-0.2, -0.15) is 0 Å². The molecule has 0 radical (unpaired) electrons. The van der Waals surface area contributed by atoms with Crippen molar-refractivity contribution in [1.29, 1.82) is 0 Å². The number of halogens is 1. The van der Waals surface area contributed by atoms with E-state index in [1.54, 1.807) is 0 Å². The minimum absolute atomic E-state index is 0.154. The quantitative estimate of drug-likeness (QED) is 0.909. The van der Waals surface area contributed by atoms with Gasteiger partial charge in [-0.3, -0.25) is 0 Å². The van der Waals surface area contributed by atoms with Crippen LogP contribution in [0.25, 0.3) is 11.0 Å². The first-order valence-electron chi connectivity index (χ1n) is 7.40. The van der Waals surface area contributed by atoms with E-state index in [0.717, 1.165) is 36.5 Å². The van der Waals surface area contributed by atoms with Crippen LogP contribution in [0.5, 0.6) is 0 Å². The third-order valence-corrected chi connectivity index (χ3v) is 4.65. The topological polar surface area (TPSA) is 29.9 Å². The minimum atomic E-state index is 0.154. The molecule has 1 N–H and O–H groups in total. The molecule has 108 valence electrons. The molecular formula is C16H22ClN3. The first-order chi connectivity index (χ1) is 9.51. The Kier molecular flexibility index (Phi) is 3.51. The van der Waals surface area contributed by atoms with Crippen molar-refractivity contribution in [3.63, 3.8) is 0 Å². The molecular weight excluding hydrogens is 270 g/mol. The van der Waals surface area contributed by atoms with Crippen LogP contribution in [-0.2, 0) is 5.41 Å². The predicted molar refractivity (Wildman–Crippen MR) is 84.6 cm³/mol. The van der Waals surface area contributed by atoms with Crippen molar-refractivity contribution >= 4 is 22.6 Å². The van der Waals surface area contributed by atoms with Gasteiger partial charge in [0.05, 0.1) is 11.0 Å². The number of nitrogens with zero attached hydrogens (tertiary/aromatic N) is 2. The number of imidazole rings is 1. The maximum Gasteiger partial charge on any atom is 0.116 e. The van der Waals surface area contributed by atoms with Crippen LogP contribution >= 0.6 is 11.6 Å². The second-order valence-corrected chi connectivity index (χ2v) is 6.78. The van der Waals surface area contributed by atoms with Crippen molar-refractivity contribution in [3.8, 4) is 0 Å². The summed E-state index contributed by atoms with van der Waals surface area (Å²) in [7, 11) is 0. The second-order valence-electron chi connectivity index (χ2n) is 6.34. The van der Waals surface area contributed by atoms with Crippen LogP contribution < -0.4 is 5.32 Å². The number of hydrogen-bond acceptors (Lipinski definition) is 2. The Morgan fingerprint density at radius 3 is 2.65 bits per heavy atom. The highest BCUT2D eigenvalue weighted by Gasteiger charge is 2.34. The van der Waals surface area contributed by atoms with Crippen molar-refractivity contribution in [2.75, 3.05) is 13.1 Å². The van der Waals surface area contributed by atoms with E-state index < -0.39 is 0 Å². The number of fused-ring (bicyclic) bond motifs is 1. The van der Waals surface area contributed by atoms with Gasteiger partial charge < -0.3 is 9.88 Å². The fraction of sp³-hybridized carbons (Fsp3) is 0.562. The highest BCUT2D eigenvalue weighted by atomic mass is 35.5. The molecule has 1 fully saturated rings. The second kappa shape index (κ2) is 5.05. The zero-order chi connectivity index (χ0) is 14.3. The van der Waals surface area contributed by atoms with E-state index in [1.807, 2.05) is 12.1 Å². The van der Waals surface area contributed by atoms with Crippen LogP contribution in [0.2, 0.25) is 5.02 Å². The summed E-state index contributed by atoms with van der Waals surface area (Å²) in [5.74, 6) is 1.21. The number of hydrogen-bond donors (Lipinski definition) is 1. The molecule has 1 aromatic heterocycles. The summed E-state index contributed by atoms with van der Waals surface area (Å²) >= 11 is 6.12. The Balaban J connectivity index is 2.21. The molecule has 20 heavy (non-hydrogen) atoms. The van der Waals surface area contributed by atoms with Gasteiger partial charge in [0.25, 0.3) is 0 Å². The molecule has 0 unspecified atom stereocenters. The van der Waals surface area contributed by atoms with Crippen LogP contribution in [0.3, 0.4) is 0 Å². The summed E-state index contributed by atoms with van der Waals surface area (Å²) in [6.07, 6.45) is 2.27. The van der Waals surface area contributed by atoms with Crippen molar-refractivity contribution in [2.24, 2.45) is 0 Å². The van der Waals surface area contributed by atoms with E-state index in [9.17, 15) is 0 Å². The van der Waals surface area contributed by atoms with E-state index in [2.05, 4.69) is 36.7 Å². The van der Waals surface area contributed by atoms with Gasteiger partial charge >= 0.3 is 0 Å². The first kappa shape index (κ1) is 13.9. The van der Waals surface area contributed by atoms with Gasteiger partial charge in [-0.1, -0.05) is 18.5 Å². The van der Waals surface area contributed by atoms with Crippen molar-refractivity contribution in [1.82, 2.24) is 14.9 Å². The summed E-state index contributed by atoms with van der Waals surface area (Å²) in [6, 6.07) is 6.43. The SMILES string of the molecule is CC(C)n1c(C2(C)CCNCC2)nc2cc(Cl)ccc21. The molecule has 3 nitrogen and oxygen atoms in total. The average Bonchev–Trinajstić information content (AvgIpc) is 2.78. The van der Waals surface area contributed by atoms with Crippen LogP contribution in [-0.4, -0.2) is 22.6 Å². The van der Waals surface area contributed by atoms with Gasteiger partial charge in [0.2, 0.25) is 0 Å². The number of piperidine rings is 1. The lowest BCUT2D eigenvalue weighted by Crippen LogP contribution is -2.39. The minimum Gasteiger partial charge on any atom is -0.325 e. The molecule has 1 aromatic carbocycles. The van der Waals surface area contributed by atoms with E-state index >= 15 is 0 Å². The Morgan fingerprint density at radius 2 is 2.00 bits per heavy atom. The standard InChI is InChI=1S/C16H22ClN3/c1-11(2)20-14-5-4-12(17)10-13(14)19-15(20)16(3)6-8-18-9-7-16/h4-5,10-11,18H,6-9H2,1-3H3. The lowest BCUT2D eigenvalue weighted by Gasteiger charge is -2.34. The van der Waals surface area contributed by atoms with Crippen LogP contribution in [0.4, 0.5) is 0 Å². The molecule has 0 atom stereocenters. The van der Waals surface area contributed by atoms with Crippen LogP contribution in [0, 0.1) is 0 Å². The summed E-state index contributed by atoms with van der Waals surface area (Å²) in [6.45, 7) is 8.93. The van der Waals surface area contributed by atoms with E-state index in [4.69, 9.17) is 16.6 Å². The molecule has 0 spiro atoms. The number of nitrogens with one attached hydrogen (secondary N) is 1. The van der Waals surface area contributed by atoms with Crippen LogP contribution in [0.15, 0.2) is 18.2 Å². The highest BCUT2D eigenvalue weighted by Crippen LogP contribution is 2.36. The average molecular weight is 292 g/mol. The molecule has 1 aliphatic heterocycles. The molecule has 4 heteroatoms. The Hall–Kier alpha value is -1.06. The molecule has 2 heterocycles. The fourth-order valence-corrected chi connectivity index (χ4v) is 3.39. The monoisotopic (exact) mass is 291 g/mol. The van der Waals surface area contributed by atoms with E-state index in [1.165, 1.54) is 11.3 Å². The Labute approximate surface area is 125 Å². The smallest absolute Gasteiger partial charge is 0.116 e. The molecule has 1 aliphatic rings. The van der Waals surface area contributed by atoms with Gasteiger partial charge in [0.15, 0.2) is 0 Å². The molecule has 0 amide bonds. The lowest BCUT2D eigenvalue weighted by atomic mass is 9.80. The summed E-state index contributed by atoms with van der Waals surface area (Å²) in [5, 5.41) is 4.20. The van der Waals surface area contributed by atoms with E-state index in [0.29, 0.717) is 6.04 Å². The summed E-state index contributed by atoms with van der Waals surface area (Å²) in [4.78, 5) is 4.94. The number of aromatic nitrogens is 2. The summed E-state index contributed by atoms with van der Waals surface area (Å²) < 4.78 is 2.39. The Morgan fingerprint density at radius 1 is 1.30 bits per heavy atom. The van der Waals surface area contributed by atoms with Gasteiger partial charge in [-0.15, -0.1) is 0 Å². The number of rotatable bonds is 2. The van der Waals surface area contributed by atoms with Crippen molar-refractivity contribution in [2.45, 2.75) is 45.1 Å². The van der Waals surface area contributed by atoms with E-state index in [-0.39, 0.29) is 5.41 Å². The largest absolute Gasteiger partial charge is 0.325 e. The fourth-order valence-electron chi connectivity index (χ4n) is 3.22. The first-order valence-corrected chi connectivity index (χ1v) is 7.78. The number of benzene rings is 1. The lowest BCUT2D eigenvalue weighted by molar-refractivity contribution is 0.305. The zero-order valence-electron chi connectivity index (χ0n) is 12.4. The molecule has 1 saturated heterocycles. The van der Waals surface area contributed by atoms with Gasteiger partial charge in [-0.05, 0) is 58.0 Å². The predicted octanol–water partition coefficient (Wildman–Crippen LogP) is 3.91. The maximum absolute atomic E-state index is 6.12. The maximum atomic E-state index is 6.12. The van der Waals surface area contributed by atoms with Gasteiger partial charge in [0.1, 0.15) is 5.82 Å². The molecule has 0 bridgehead atoms. The summed E-state index contributed by atoms with van der Waals surface area (Å²) in [5.41, 5.74) is 2.36. The zero-order valence-corrected chi connectivity index (χ0v) is 13.2. The molecule has 0 saturated carbocycles. The molecule has 3 rings (SSSR count). The third-order valence-electron chi connectivity index (χ3n) is 4.41. The molecule has 0 aliphatic carbocycles. The van der Waals surface area contributed by atoms with Crippen molar-refractivity contribution < 1.29 is 0 Å². The Bertz CT molecular complexity index is 624. The van der Waals surface area contributed by atoms with Crippen LogP contribution in [0.1, 0.15) is 45.5 Å². The van der Waals surface area contributed by atoms with Crippen molar-refractivity contribution in [3.05, 3.63) is 29.0 Å². The normalized spacial score (nSPS) is 18.9. The molecule has 2 aromatic rings. The van der Waals surface area contributed by atoms with Gasteiger partial charge in [0, 0.05) is 16.5 Å². The van der Waals surface area contributed by atoms with Gasteiger partial charge in [-0.25, -0.2) is 4.98 Å². The third kappa shape index (κ3) is 2.23.